The molecule has 0 fully saturated rings. The molecule has 126 valence electrons. The van der Waals surface area contributed by atoms with Crippen molar-refractivity contribution in [2.24, 2.45) is 0 Å². The molecule has 2 aromatic rings. The summed E-state index contributed by atoms with van der Waals surface area (Å²) in [6.45, 7) is 2.79. The first kappa shape index (κ1) is 18.0. The topological polar surface area (TPSA) is 170 Å². The first-order valence-corrected chi connectivity index (χ1v) is 7.48. The second-order valence-corrected chi connectivity index (χ2v) is 5.90. The van der Waals surface area contributed by atoms with Crippen molar-refractivity contribution in [3.8, 4) is 29.0 Å². The molecule has 0 aliphatic rings. The number of nitrogens with one attached hydrogen (secondary N) is 1. The number of hydrogen-bond acceptors (Lipinski definition) is 7. The highest BCUT2D eigenvalue weighted by molar-refractivity contribution is 9.10. The summed E-state index contributed by atoms with van der Waals surface area (Å²) in [7, 11) is 0. The lowest BCUT2D eigenvalue weighted by Crippen LogP contribution is -2.17. The Morgan fingerprint density at radius 2 is 1.76 bits per heavy atom. The van der Waals surface area contributed by atoms with Crippen LogP contribution in [0.1, 0.15) is 22.3 Å². The van der Waals surface area contributed by atoms with Crippen LogP contribution < -0.4 is 11.3 Å². The van der Waals surface area contributed by atoms with Gasteiger partial charge in [-0.2, -0.15) is 10.5 Å². The highest BCUT2D eigenvalue weighted by Crippen LogP contribution is 2.47. The third-order valence-electron chi connectivity index (χ3n) is 3.76. The van der Waals surface area contributed by atoms with Crippen LogP contribution in [0.3, 0.4) is 0 Å². The van der Waals surface area contributed by atoms with Gasteiger partial charge in [0.15, 0.2) is 0 Å². The van der Waals surface area contributed by atoms with E-state index in [1.807, 2.05) is 0 Å². The number of aromatic nitrogens is 1. The van der Waals surface area contributed by atoms with E-state index in [1.165, 1.54) is 13.8 Å². The Bertz CT molecular complexity index is 1080. The third kappa shape index (κ3) is 2.58. The zero-order chi connectivity index (χ0) is 19.0. The van der Waals surface area contributed by atoms with E-state index in [4.69, 9.17) is 5.73 Å². The van der Waals surface area contributed by atoms with Crippen molar-refractivity contribution in [3.63, 3.8) is 0 Å². The molecule has 0 amide bonds. The molecule has 0 saturated heterocycles. The van der Waals surface area contributed by atoms with Gasteiger partial charge in [0.2, 0.25) is 0 Å². The number of nitriles is 2. The van der Waals surface area contributed by atoms with Crippen LogP contribution in [-0.2, 0) is 0 Å². The number of aromatic amines is 1. The number of H-pyrrole nitrogens is 1. The summed E-state index contributed by atoms with van der Waals surface area (Å²) in [6.07, 6.45) is 0. The van der Waals surface area contributed by atoms with Crippen LogP contribution >= 0.6 is 15.9 Å². The molecule has 0 bridgehead atoms. The molecule has 1 aromatic carbocycles. The fourth-order valence-corrected chi connectivity index (χ4v) is 3.03. The maximum atomic E-state index is 12.0. The van der Waals surface area contributed by atoms with E-state index >= 15 is 0 Å². The summed E-state index contributed by atoms with van der Waals surface area (Å²) in [4.78, 5) is 25.0. The summed E-state index contributed by atoms with van der Waals surface area (Å²) in [5.74, 6) is -0.738. The second-order valence-electron chi connectivity index (χ2n) is 5.11. The Balaban J connectivity index is 3.20. The number of anilines is 1. The predicted molar refractivity (Wildman–Crippen MR) is 91.8 cm³/mol. The summed E-state index contributed by atoms with van der Waals surface area (Å²) < 4.78 is 0.0198. The Morgan fingerprint density at radius 3 is 2.24 bits per heavy atom. The van der Waals surface area contributed by atoms with Gasteiger partial charge in [-0.3, -0.25) is 14.9 Å². The lowest BCUT2D eigenvalue weighted by atomic mass is 9.90. The van der Waals surface area contributed by atoms with Crippen molar-refractivity contribution < 1.29 is 10.0 Å². The van der Waals surface area contributed by atoms with E-state index in [-0.39, 0.29) is 43.8 Å². The normalized spacial score (nSPS) is 10.1. The van der Waals surface area contributed by atoms with Gasteiger partial charge in [-0.15, -0.1) is 0 Å². The smallest absolute Gasteiger partial charge is 0.277 e. The largest absolute Gasteiger partial charge is 0.506 e. The van der Waals surface area contributed by atoms with Crippen molar-refractivity contribution in [3.05, 3.63) is 47.2 Å². The Morgan fingerprint density at radius 1 is 1.20 bits per heavy atom. The van der Waals surface area contributed by atoms with Crippen LogP contribution in [0.5, 0.6) is 5.75 Å². The molecule has 0 unspecified atom stereocenters. The van der Waals surface area contributed by atoms with E-state index in [9.17, 15) is 30.5 Å². The minimum absolute atomic E-state index is 0.00111. The van der Waals surface area contributed by atoms with Crippen LogP contribution in [-0.4, -0.2) is 15.0 Å². The predicted octanol–water partition coefficient (Wildman–Crippen LogP) is 2.36. The van der Waals surface area contributed by atoms with Gasteiger partial charge in [0.25, 0.3) is 11.2 Å². The van der Waals surface area contributed by atoms with Crippen molar-refractivity contribution in [1.82, 2.24) is 4.98 Å². The maximum Gasteiger partial charge on any atom is 0.277 e. The minimum Gasteiger partial charge on any atom is -0.506 e. The summed E-state index contributed by atoms with van der Waals surface area (Å²) in [6, 6.07) is 3.41. The highest BCUT2D eigenvalue weighted by atomic mass is 79.9. The van der Waals surface area contributed by atoms with E-state index in [1.54, 1.807) is 12.1 Å². The zero-order valence-electron chi connectivity index (χ0n) is 13.0. The number of nitro groups is 1. The lowest BCUT2D eigenvalue weighted by molar-refractivity contribution is -0.386. The van der Waals surface area contributed by atoms with Gasteiger partial charge in [0.1, 0.15) is 34.8 Å². The SMILES string of the molecule is Cc1c(Br)c(O)c(-c2c(C#N)c(N)[nH]c(=O)c2C#N)c(C)c1[N+](=O)[O-]. The number of nitrogens with two attached hydrogens (primary N) is 1. The molecular formula is C15H10BrN5O4. The number of rotatable bonds is 2. The quantitative estimate of drug-likeness (QED) is 0.509. The molecule has 1 heterocycles. The molecule has 0 atom stereocenters. The van der Waals surface area contributed by atoms with Gasteiger partial charge >= 0.3 is 0 Å². The first-order chi connectivity index (χ1) is 11.7. The van der Waals surface area contributed by atoms with Gasteiger partial charge in [-0.05, 0) is 29.8 Å². The zero-order valence-corrected chi connectivity index (χ0v) is 14.6. The molecule has 0 spiro atoms. The third-order valence-corrected chi connectivity index (χ3v) is 4.73. The van der Waals surface area contributed by atoms with Crippen molar-refractivity contribution in [2.45, 2.75) is 13.8 Å². The van der Waals surface area contributed by atoms with Gasteiger partial charge in [0.05, 0.1) is 9.40 Å². The number of nitrogens with zero attached hydrogens (tertiary/aromatic N) is 3. The van der Waals surface area contributed by atoms with Crippen LogP contribution in [0.15, 0.2) is 9.27 Å². The summed E-state index contributed by atoms with van der Waals surface area (Å²) in [5.41, 5.74) is 3.47. The molecule has 0 aliphatic heterocycles. The van der Waals surface area contributed by atoms with E-state index in [0.717, 1.165) is 0 Å². The lowest BCUT2D eigenvalue weighted by Gasteiger charge is -2.16. The Labute approximate surface area is 149 Å². The molecule has 1 aromatic heterocycles. The monoisotopic (exact) mass is 403 g/mol. The summed E-state index contributed by atoms with van der Waals surface area (Å²) in [5, 5.41) is 40.6. The minimum atomic E-state index is -0.868. The molecule has 0 aliphatic carbocycles. The van der Waals surface area contributed by atoms with Gasteiger partial charge in [-0.25, -0.2) is 0 Å². The number of halogens is 1. The van der Waals surface area contributed by atoms with E-state index in [2.05, 4.69) is 20.9 Å². The van der Waals surface area contributed by atoms with Crippen molar-refractivity contribution >= 4 is 27.4 Å². The number of phenolic OH excluding ortho intramolecular Hbond substituents is 1. The van der Waals surface area contributed by atoms with Crippen LogP contribution in [0.4, 0.5) is 11.5 Å². The Kier molecular flexibility index (Phi) is 4.50. The number of pyridine rings is 1. The molecule has 10 heteroatoms. The number of phenols is 1. The maximum absolute atomic E-state index is 12.0. The Hall–Kier alpha value is -3.37. The number of hydrogen-bond donors (Lipinski definition) is 3. The van der Waals surface area contributed by atoms with Gasteiger partial charge in [0, 0.05) is 22.3 Å². The molecule has 2 rings (SSSR count). The first-order valence-electron chi connectivity index (χ1n) is 6.69. The second kappa shape index (κ2) is 6.26. The van der Waals surface area contributed by atoms with Crippen LogP contribution in [0.25, 0.3) is 11.1 Å². The molecule has 0 radical (unpaired) electrons. The number of benzene rings is 1. The van der Waals surface area contributed by atoms with Crippen molar-refractivity contribution in [1.29, 1.82) is 10.5 Å². The van der Waals surface area contributed by atoms with Crippen molar-refractivity contribution in [2.75, 3.05) is 5.73 Å². The molecular weight excluding hydrogens is 394 g/mol. The fourth-order valence-electron chi connectivity index (χ4n) is 2.64. The average Bonchev–Trinajstić information content (AvgIpc) is 2.53. The molecule has 4 N–H and O–H groups in total. The molecule has 0 saturated carbocycles. The van der Waals surface area contributed by atoms with Crippen LogP contribution in [0, 0.1) is 46.6 Å². The summed E-state index contributed by atoms with van der Waals surface area (Å²) >= 11 is 3.07. The van der Waals surface area contributed by atoms with Crippen LogP contribution in [0.2, 0.25) is 0 Å². The number of nitrogen functional groups attached to an aromatic ring is 1. The average molecular weight is 404 g/mol. The van der Waals surface area contributed by atoms with Gasteiger partial charge in [-0.1, -0.05) is 0 Å². The fraction of sp³-hybridized carbons (Fsp3) is 0.133. The van der Waals surface area contributed by atoms with Gasteiger partial charge < -0.3 is 15.8 Å². The standard InChI is InChI=1S/C15H10BrN5O4/c1-5-9(13(22)11(16)6(2)12(5)21(24)25)10-7(3-17)14(19)20-15(23)8(10)4-18/h22H,1-2H3,(H3,19,20,23). The number of nitro benzene ring substituents is 1. The highest BCUT2D eigenvalue weighted by Gasteiger charge is 2.30. The van der Waals surface area contributed by atoms with E-state index < -0.39 is 21.8 Å². The number of aromatic hydroxyl groups is 1. The molecule has 9 nitrogen and oxygen atoms in total. The molecule has 25 heavy (non-hydrogen) atoms. The van der Waals surface area contributed by atoms with E-state index in [0.29, 0.717) is 0 Å².